The lowest BCUT2D eigenvalue weighted by Crippen LogP contribution is -2.15. The van der Waals surface area contributed by atoms with E-state index in [0.717, 1.165) is 25.6 Å². The molecule has 0 aliphatic carbocycles. The molecule has 4 rings (SSSR count). The first kappa shape index (κ1) is 21.4. The number of aryl methyl sites for hydroxylation is 1. The van der Waals surface area contributed by atoms with E-state index in [9.17, 15) is 9.59 Å². The lowest BCUT2D eigenvalue weighted by molar-refractivity contribution is 0.0476. The number of esters is 1. The summed E-state index contributed by atoms with van der Waals surface area (Å²) in [4.78, 5) is 30.2. The van der Waals surface area contributed by atoms with Gasteiger partial charge in [0.05, 0.1) is 16.8 Å². The number of Topliss-reactive ketones (excluding diaryl/α,β-unsaturated/α-hetero) is 1. The Balaban J connectivity index is 1.67. The van der Waals surface area contributed by atoms with Crippen LogP contribution in [0.5, 0.6) is 0 Å². The number of benzene rings is 3. The summed E-state index contributed by atoms with van der Waals surface area (Å²) < 4.78 is 7.23. The van der Waals surface area contributed by atoms with Crippen molar-refractivity contribution in [1.82, 2.24) is 4.98 Å². The predicted octanol–water partition coefficient (Wildman–Crippen LogP) is 6.77. The number of carbonyl (C=O) groups is 2. The fraction of sp³-hybridized carbons (Fsp3) is 0.0800. The number of para-hydroxylation sites is 1. The third kappa shape index (κ3) is 4.75. The van der Waals surface area contributed by atoms with Crippen molar-refractivity contribution in [3.05, 3.63) is 98.4 Å². The summed E-state index contributed by atoms with van der Waals surface area (Å²) >= 11 is 6.78. The van der Waals surface area contributed by atoms with Gasteiger partial charge in [-0.05, 0) is 42.8 Å². The van der Waals surface area contributed by atoms with Crippen LogP contribution in [0, 0.1) is 6.92 Å². The Hall–Kier alpha value is -2.83. The van der Waals surface area contributed by atoms with Crippen molar-refractivity contribution in [3.8, 4) is 11.3 Å². The molecule has 0 saturated heterocycles. The van der Waals surface area contributed by atoms with Gasteiger partial charge in [0.1, 0.15) is 0 Å². The highest BCUT2D eigenvalue weighted by molar-refractivity contribution is 9.10. The smallest absolute Gasteiger partial charge is 0.339 e. The van der Waals surface area contributed by atoms with Crippen molar-refractivity contribution in [2.75, 3.05) is 6.61 Å². The van der Waals surface area contributed by atoms with Crippen molar-refractivity contribution in [2.24, 2.45) is 0 Å². The van der Waals surface area contributed by atoms with E-state index in [0.29, 0.717) is 22.2 Å². The quantitative estimate of drug-likeness (QED) is 0.208. The van der Waals surface area contributed by atoms with Crippen LogP contribution in [0.15, 0.2) is 81.7 Å². The second kappa shape index (κ2) is 9.12. The van der Waals surface area contributed by atoms with Crippen molar-refractivity contribution in [3.63, 3.8) is 0 Å². The number of fused-ring (bicyclic) bond motifs is 1. The summed E-state index contributed by atoms with van der Waals surface area (Å²) in [6, 6.07) is 22.0. The van der Waals surface area contributed by atoms with E-state index in [2.05, 4.69) is 31.9 Å². The zero-order chi connectivity index (χ0) is 22.0. The zero-order valence-corrected chi connectivity index (χ0v) is 19.7. The molecule has 0 unspecified atom stereocenters. The van der Waals surface area contributed by atoms with Crippen LogP contribution in [0.4, 0.5) is 0 Å². The first-order valence-electron chi connectivity index (χ1n) is 9.54. The SMILES string of the molecule is Cc1cccc2c(C(=O)OCC(=O)c3ccc(Br)cc3)cc(-c3ccc(Br)cc3)nc12. The van der Waals surface area contributed by atoms with Crippen LogP contribution in [-0.4, -0.2) is 23.3 Å². The van der Waals surface area contributed by atoms with E-state index >= 15 is 0 Å². The Bertz CT molecular complexity index is 1280. The van der Waals surface area contributed by atoms with Crippen LogP contribution >= 0.6 is 31.9 Å². The van der Waals surface area contributed by atoms with Gasteiger partial charge in [-0.1, -0.05) is 74.3 Å². The van der Waals surface area contributed by atoms with Crippen molar-refractivity contribution < 1.29 is 14.3 Å². The van der Waals surface area contributed by atoms with Crippen LogP contribution in [0.25, 0.3) is 22.2 Å². The van der Waals surface area contributed by atoms with Crippen LogP contribution < -0.4 is 0 Å². The molecule has 0 aliphatic heterocycles. The van der Waals surface area contributed by atoms with E-state index < -0.39 is 5.97 Å². The molecule has 1 heterocycles. The lowest BCUT2D eigenvalue weighted by Gasteiger charge is -2.11. The van der Waals surface area contributed by atoms with E-state index in [4.69, 9.17) is 9.72 Å². The monoisotopic (exact) mass is 537 g/mol. The standard InChI is InChI=1S/C25H17Br2NO3/c1-15-3-2-4-20-21(13-22(28-24(15)20)16-5-9-18(26)10-6-16)25(30)31-14-23(29)17-7-11-19(27)12-8-17/h2-13H,14H2,1H3. The number of hydrogen-bond donors (Lipinski definition) is 0. The molecule has 154 valence electrons. The number of ether oxygens (including phenoxy) is 1. The molecule has 6 heteroatoms. The van der Waals surface area contributed by atoms with Gasteiger partial charge in [0.2, 0.25) is 0 Å². The van der Waals surface area contributed by atoms with Crippen molar-refractivity contribution in [1.29, 1.82) is 0 Å². The number of halogens is 2. The van der Waals surface area contributed by atoms with E-state index in [1.165, 1.54) is 0 Å². The molecule has 3 aromatic carbocycles. The Morgan fingerprint density at radius 1 is 0.903 bits per heavy atom. The van der Waals surface area contributed by atoms with E-state index in [1.807, 2.05) is 49.4 Å². The zero-order valence-electron chi connectivity index (χ0n) is 16.6. The van der Waals surface area contributed by atoms with Gasteiger partial charge in [0.25, 0.3) is 0 Å². The van der Waals surface area contributed by atoms with Gasteiger partial charge in [0, 0.05) is 25.5 Å². The van der Waals surface area contributed by atoms with Crippen molar-refractivity contribution in [2.45, 2.75) is 6.92 Å². The van der Waals surface area contributed by atoms with Gasteiger partial charge < -0.3 is 4.74 Å². The molecule has 0 N–H and O–H groups in total. The van der Waals surface area contributed by atoms with Gasteiger partial charge in [-0.15, -0.1) is 0 Å². The third-order valence-corrected chi connectivity index (χ3v) is 5.96. The Morgan fingerprint density at radius 2 is 1.55 bits per heavy atom. The second-order valence-electron chi connectivity index (χ2n) is 7.04. The topological polar surface area (TPSA) is 56.3 Å². The first-order chi connectivity index (χ1) is 14.9. The number of pyridine rings is 1. The number of hydrogen-bond acceptors (Lipinski definition) is 4. The van der Waals surface area contributed by atoms with Crippen molar-refractivity contribution >= 4 is 54.5 Å². The Morgan fingerprint density at radius 3 is 2.23 bits per heavy atom. The minimum atomic E-state index is -0.554. The van der Waals surface area contributed by atoms with Gasteiger partial charge >= 0.3 is 5.97 Å². The number of rotatable bonds is 5. The summed E-state index contributed by atoms with van der Waals surface area (Å²) in [6.45, 7) is 1.62. The molecule has 0 saturated carbocycles. The highest BCUT2D eigenvalue weighted by Crippen LogP contribution is 2.28. The maximum absolute atomic E-state index is 13.0. The van der Waals surface area contributed by atoms with Gasteiger partial charge in [-0.25, -0.2) is 9.78 Å². The summed E-state index contributed by atoms with van der Waals surface area (Å²) in [5, 5.41) is 0.696. The third-order valence-electron chi connectivity index (χ3n) is 4.90. The molecule has 4 aromatic rings. The molecule has 4 nitrogen and oxygen atoms in total. The maximum atomic E-state index is 13.0. The van der Waals surface area contributed by atoms with Crippen LogP contribution in [0.3, 0.4) is 0 Å². The van der Waals surface area contributed by atoms with Crippen LogP contribution in [0.2, 0.25) is 0 Å². The van der Waals surface area contributed by atoms with Gasteiger partial charge in [0.15, 0.2) is 12.4 Å². The minimum Gasteiger partial charge on any atom is -0.454 e. The molecule has 0 bridgehead atoms. The normalized spacial score (nSPS) is 10.8. The fourth-order valence-corrected chi connectivity index (χ4v) is 3.79. The average molecular weight is 539 g/mol. The molecule has 0 atom stereocenters. The van der Waals surface area contributed by atoms with Crippen LogP contribution in [-0.2, 0) is 4.74 Å². The highest BCUT2D eigenvalue weighted by atomic mass is 79.9. The molecule has 0 spiro atoms. The number of carbonyl (C=O) groups excluding carboxylic acids is 2. The molecule has 0 aliphatic rings. The lowest BCUT2D eigenvalue weighted by atomic mass is 10.0. The predicted molar refractivity (Wildman–Crippen MR) is 128 cm³/mol. The van der Waals surface area contributed by atoms with E-state index in [1.54, 1.807) is 30.3 Å². The average Bonchev–Trinajstić information content (AvgIpc) is 2.78. The number of aromatic nitrogens is 1. The largest absolute Gasteiger partial charge is 0.454 e. The fourth-order valence-electron chi connectivity index (χ4n) is 3.26. The summed E-state index contributed by atoms with van der Waals surface area (Å²) in [6.07, 6.45) is 0. The second-order valence-corrected chi connectivity index (χ2v) is 8.87. The summed E-state index contributed by atoms with van der Waals surface area (Å²) in [5.41, 5.74) is 4.11. The molecular formula is C25H17Br2NO3. The molecule has 31 heavy (non-hydrogen) atoms. The summed E-state index contributed by atoms with van der Waals surface area (Å²) in [7, 11) is 0. The minimum absolute atomic E-state index is 0.261. The highest BCUT2D eigenvalue weighted by Gasteiger charge is 2.18. The molecule has 0 amide bonds. The molecule has 0 radical (unpaired) electrons. The molecule has 0 fully saturated rings. The number of ketones is 1. The Kier molecular flexibility index (Phi) is 6.30. The van der Waals surface area contributed by atoms with Gasteiger partial charge in [-0.2, -0.15) is 0 Å². The maximum Gasteiger partial charge on any atom is 0.339 e. The van der Waals surface area contributed by atoms with E-state index in [-0.39, 0.29) is 12.4 Å². The number of nitrogens with zero attached hydrogens (tertiary/aromatic N) is 1. The Labute approximate surface area is 196 Å². The molecule has 1 aromatic heterocycles. The summed E-state index contributed by atoms with van der Waals surface area (Å²) in [5.74, 6) is -0.814. The first-order valence-corrected chi connectivity index (χ1v) is 11.1. The van der Waals surface area contributed by atoms with Gasteiger partial charge in [-0.3, -0.25) is 4.79 Å². The van der Waals surface area contributed by atoms with Crippen LogP contribution in [0.1, 0.15) is 26.3 Å². The molecular weight excluding hydrogens is 522 g/mol.